The highest BCUT2D eigenvalue weighted by molar-refractivity contribution is 6.31. The molecule has 3 atom stereocenters. The number of alkyl halides is 4. The molecule has 0 nitrogen and oxygen atoms in total. The summed E-state index contributed by atoms with van der Waals surface area (Å²) in [7, 11) is 0. The maximum Gasteiger partial charge on any atom is 0.416 e. The number of halogens is 5. The third-order valence-corrected chi connectivity index (χ3v) is 4.27. The Balaban J connectivity index is 2.43. The number of rotatable bonds is 2. The molecular weight excluding hydrogens is 296 g/mol. The molecule has 1 fully saturated rings. The van der Waals surface area contributed by atoms with Gasteiger partial charge in [0.2, 0.25) is 0 Å². The molecule has 1 aliphatic rings. The Hall–Kier alpha value is -0.670. The van der Waals surface area contributed by atoms with Crippen molar-refractivity contribution < 1.29 is 13.2 Å². The molecule has 0 bridgehead atoms. The first-order chi connectivity index (χ1) is 8.55. The summed E-state index contributed by atoms with van der Waals surface area (Å²) in [6.45, 7) is 7.49. The molecule has 2 rings (SSSR count). The highest BCUT2D eigenvalue weighted by Gasteiger charge is 2.61. The van der Waals surface area contributed by atoms with Crippen LogP contribution in [0.15, 0.2) is 30.4 Å². The summed E-state index contributed by atoms with van der Waals surface area (Å²) in [6, 6.07) is 3.60. The lowest BCUT2D eigenvalue weighted by molar-refractivity contribution is -0.137. The number of allylic oxidation sites excluding steroid dienone is 1. The van der Waals surface area contributed by atoms with Crippen LogP contribution in [0.5, 0.6) is 0 Å². The monoisotopic (exact) mass is 308 g/mol. The van der Waals surface area contributed by atoms with Crippen molar-refractivity contribution in [2.45, 2.75) is 30.8 Å². The van der Waals surface area contributed by atoms with E-state index in [1.54, 1.807) is 6.07 Å². The topological polar surface area (TPSA) is 0 Å². The lowest BCUT2D eigenvalue weighted by Gasteiger charge is -2.10. The Morgan fingerprint density at radius 2 is 1.89 bits per heavy atom. The molecule has 0 N–H and O–H groups in total. The van der Waals surface area contributed by atoms with Gasteiger partial charge in [-0.3, -0.25) is 0 Å². The second-order valence-electron chi connectivity index (χ2n) is 5.22. The van der Waals surface area contributed by atoms with Crippen LogP contribution in [0.4, 0.5) is 13.2 Å². The zero-order valence-electron chi connectivity index (χ0n) is 10.5. The number of hydrogen-bond donors (Lipinski definition) is 0. The van der Waals surface area contributed by atoms with E-state index in [4.69, 9.17) is 23.2 Å². The van der Waals surface area contributed by atoms with Crippen molar-refractivity contribution in [2.24, 2.45) is 5.92 Å². The first-order valence-electron chi connectivity index (χ1n) is 5.77. The zero-order chi connectivity index (χ0) is 14.6. The molecule has 1 saturated carbocycles. The summed E-state index contributed by atoms with van der Waals surface area (Å²) in [6.07, 6.45) is -4.41. The van der Waals surface area contributed by atoms with Crippen molar-refractivity contribution in [1.82, 2.24) is 0 Å². The van der Waals surface area contributed by atoms with Crippen LogP contribution in [0.1, 0.15) is 30.9 Å². The predicted molar refractivity (Wildman–Crippen MR) is 71.8 cm³/mol. The lowest BCUT2D eigenvalue weighted by Crippen LogP contribution is -2.06. The van der Waals surface area contributed by atoms with Gasteiger partial charge in [0, 0.05) is 16.9 Å². The van der Waals surface area contributed by atoms with E-state index in [9.17, 15) is 13.2 Å². The van der Waals surface area contributed by atoms with E-state index in [1.807, 2.05) is 13.8 Å². The Bertz CT molecular complexity index is 532. The molecule has 1 aromatic carbocycles. The smallest absolute Gasteiger partial charge is 0.166 e. The van der Waals surface area contributed by atoms with Gasteiger partial charge in [-0.1, -0.05) is 23.8 Å². The molecule has 0 spiro atoms. The Labute approximate surface area is 120 Å². The minimum absolute atomic E-state index is 0.0197. The number of hydrogen-bond acceptors (Lipinski definition) is 0. The molecule has 0 aliphatic heterocycles. The molecule has 0 heterocycles. The lowest BCUT2D eigenvalue weighted by atomic mass is 10.0. The molecule has 0 aromatic heterocycles. The van der Waals surface area contributed by atoms with Crippen LogP contribution in [-0.4, -0.2) is 4.87 Å². The van der Waals surface area contributed by atoms with Gasteiger partial charge in [-0.25, -0.2) is 0 Å². The van der Waals surface area contributed by atoms with Crippen LogP contribution < -0.4 is 0 Å². The molecular formula is C14H13Cl2F3. The Morgan fingerprint density at radius 1 is 1.32 bits per heavy atom. The first kappa shape index (κ1) is 14.7. The van der Waals surface area contributed by atoms with E-state index in [2.05, 4.69) is 6.58 Å². The van der Waals surface area contributed by atoms with E-state index in [1.165, 1.54) is 0 Å². The molecule has 1 aromatic rings. The van der Waals surface area contributed by atoms with E-state index < -0.39 is 16.6 Å². The van der Waals surface area contributed by atoms with Crippen LogP contribution in [-0.2, 0) is 6.18 Å². The van der Waals surface area contributed by atoms with Gasteiger partial charge in [-0.2, -0.15) is 13.2 Å². The fourth-order valence-corrected chi connectivity index (χ4v) is 3.47. The molecule has 0 radical (unpaired) electrons. The van der Waals surface area contributed by atoms with E-state index in [0.717, 1.165) is 17.7 Å². The highest BCUT2D eigenvalue weighted by Crippen LogP contribution is 2.64. The normalized spacial score (nSPS) is 30.3. The SMILES string of the molecule is C=C(C)C1C(c2cc(Cl)cc(C(F)(F)F)c2)C1(C)Cl. The maximum absolute atomic E-state index is 12.8. The van der Waals surface area contributed by atoms with Gasteiger partial charge in [0.15, 0.2) is 0 Å². The second-order valence-corrected chi connectivity index (χ2v) is 6.47. The largest absolute Gasteiger partial charge is 0.416 e. The fraction of sp³-hybridized carbons (Fsp3) is 0.429. The van der Waals surface area contributed by atoms with Crippen molar-refractivity contribution in [3.8, 4) is 0 Å². The zero-order valence-corrected chi connectivity index (χ0v) is 12.0. The van der Waals surface area contributed by atoms with Crippen molar-refractivity contribution in [1.29, 1.82) is 0 Å². The summed E-state index contributed by atoms with van der Waals surface area (Å²) in [5.74, 6) is -0.194. The molecule has 19 heavy (non-hydrogen) atoms. The molecule has 1 aliphatic carbocycles. The minimum Gasteiger partial charge on any atom is -0.166 e. The van der Waals surface area contributed by atoms with Gasteiger partial charge in [-0.05, 0) is 37.6 Å². The van der Waals surface area contributed by atoms with Gasteiger partial charge in [0.25, 0.3) is 0 Å². The Kier molecular flexibility index (Phi) is 3.43. The van der Waals surface area contributed by atoms with Crippen molar-refractivity contribution in [2.75, 3.05) is 0 Å². The van der Waals surface area contributed by atoms with Crippen LogP contribution in [0.3, 0.4) is 0 Å². The van der Waals surface area contributed by atoms with Crippen LogP contribution >= 0.6 is 23.2 Å². The summed E-state index contributed by atoms with van der Waals surface area (Å²) in [5.41, 5.74) is 0.649. The molecule has 0 saturated heterocycles. The minimum atomic E-state index is -4.41. The van der Waals surface area contributed by atoms with Gasteiger partial charge in [-0.15, -0.1) is 11.6 Å². The second kappa shape index (κ2) is 4.42. The van der Waals surface area contributed by atoms with Gasteiger partial charge in [0.05, 0.1) is 10.4 Å². The predicted octanol–water partition coefficient (Wildman–Crippen LogP) is 5.65. The van der Waals surface area contributed by atoms with E-state index in [-0.39, 0.29) is 16.9 Å². The highest BCUT2D eigenvalue weighted by atomic mass is 35.5. The molecule has 0 amide bonds. The fourth-order valence-electron chi connectivity index (χ4n) is 2.72. The molecule has 5 heteroatoms. The van der Waals surface area contributed by atoms with Crippen molar-refractivity contribution in [3.05, 3.63) is 46.5 Å². The summed E-state index contributed by atoms with van der Waals surface area (Å²) in [4.78, 5) is -0.584. The molecule has 3 unspecified atom stereocenters. The van der Waals surface area contributed by atoms with Gasteiger partial charge < -0.3 is 0 Å². The first-order valence-corrected chi connectivity index (χ1v) is 6.52. The summed E-state index contributed by atoms with van der Waals surface area (Å²) >= 11 is 12.1. The van der Waals surface area contributed by atoms with E-state index in [0.29, 0.717) is 5.56 Å². The van der Waals surface area contributed by atoms with Crippen LogP contribution in [0.25, 0.3) is 0 Å². The third-order valence-electron chi connectivity index (χ3n) is 3.58. The summed E-state index contributed by atoms with van der Waals surface area (Å²) in [5, 5.41) is 0.0738. The van der Waals surface area contributed by atoms with Gasteiger partial charge in [0.1, 0.15) is 0 Å². The quantitative estimate of drug-likeness (QED) is 0.489. The van der Waals surface area contributed by atoms with Gasteiger partial charge >= 0.3 is 6.18 Å². The van der Waals surface area contributed by atoms with Crippen LogP contribution in [0.2, 0.25) is 5.02 Å². The average molecular weight is 309 g/mol. The maximum atomic E-state index is 12.8. The van der Waals surface area contributed by atoms with E-state index >= 15 is 0 Å². The molecule has 104 valence electrons. The van der Waals surface area contributed by atoms with Crippen molar-refractivity contribution in [3.63, 3.8) is 0 Å². The number of benzene rings is 1. The standard InChI is InChI=1S/C14H13Cl2F3/c1-7(2)11-12(13(11,3)16)8-4-9(14(17,18)19)6-10(15)5-8/h4-6,11-12H,1H2,2-3H3. The van der Waals surface area contributed by atoms with Crippen molar-refractivity contribution >= 4 is 23.2 Å². The summed E-state index contributed by atoms with van der Waals surface area (Å²) < 4.78 is 38.3. The third kappa shape index (κ3) is 2.63. The average Bonchev–Trinajstić information content (AvgIpc) is 2.79. The Morgan fingerprint density at radius 3 is 2.32 bits per heavy atom. The van der Waals surface area contributed by atoms with Crippen LogP contribution in [0, 0.1) is 5.92 Å².